The normalized spacial score (nSPS) is 20.5. The Labute approximate surface area is 148 Å². The van der Waals surface area contributed by atoms with Crippen molar-refractivity contribution in [1.29, 1.82) is 0 Å². The summed E-state index contributed by atoms with van der Waals surface area (Å²) in [7, 11) is 3.45. The molecule has 6 heteroatoms. The molecule has 1 aliphatic carbocycles. The third-order valence-electron chi connectivity index (χ3n) is 5.26. The number of aromatic nitrogens is 3. The number of ether oxygens (including phenoxy) is 2. The topological polar surface area (TPSA) is 52.4 Å². The molecule has 1 fully saturated rings. The smallest absolute Gasteiger partial charge is 0.118 e. The van der Waals surface area contributed by atoms with Gasteiger partial charge in [-0.2, -0.15) is 0 Å². The molecule has 0 saturated heterocycles. The average Bonchev–Trinajstić information content (AvgIpc) is 3.36. The van der Waals surface area contributed by atoms with E-state index < -0.39 is 0 Å². The van der Waals surface area contributed by atoms with E-state index in [4.69, 9.17) is 9.47 Å². The van der Waals surface area contributed by atoms with Crippen LogP contribution in [0.15, 0.2) is 24.3 Å². The summed E-state index contributed by atoms with van der Waals surface area (Å²) >= 11 is 0. The Balaban J connectivity index is 1.52. The highest BCUT2D eigenvalue weighted by atomic mass is 16.5. The Bertz CT molecular complexity index is 709. The molecule has 1 atom stereocenters. The minimum Gasteiger partial charge on any atom is -0.497 e. The largest absolute Gasteiger partial charge is 0.497 e. The van der Waals surface area contributed by atoms with Crippen molar-refractivity contribution >= 4 is 0 Å². The number of hydrogen-bond donors (Lipinski definition) is 0. The highest BCUT2D eigenvalue weighted by molar-refractivity contribution is 5.28. The van der Waals surface area contributed by atoms with Gasteiger partial charge in [0.25, 0.3) is 0 Å². The number of rotatable bonds is 7. The van der Waals surface area contributed by atoms with Crippen LogP contribution in [0.4, 0.5) is 0 Å². The van der Waals surface area contributed by atoms with Gasteiger partial charge < -0.3 is 9.47 Å². The number of hydrogen-bond acceptors (Lipinski definition) is 5. The molecule has 2 aliphatic rings. The SMILES string of the molecule is COC[C@@H]1c2nnn(CC3CC3)c2CCN1Cc1ccc(OC)cc1. The molecule has 2 aromatic rings. The predicted molar refractivity (Wildman–Crippen MR) is 94.5 cm³/mol. The second kappa shape index (κ2) is 7.14. The van der Waals surface area contributed by atoms with Crippen LogP contribution in [0.25, 0.3) is 0 Å². The zero-order chi connectivity index (χ0) is 17.2. The summed E-state index contributed by atoms with van der Waals surface area (Å²) in [6.07, 6.45) is 3.67. The monoisotopic (exact) mass is 342 g/mol. The fraction of sp³-hybridized carbons (Fsp3) is 0.579. The lowest BCUT2D eigenvalue weighted by atomic mass is 10.0. The van der Waals surface area contributed by atoms with Gasteiger partial charge in [0.1, 0.15) is 11.4 Å². The molecular weight excluding hydrogens is 316 g/mol. The third kappa shape index (κ3) is 3.55. The summed E-state index contributed by atoms with van der Waals surface area (Å²) in [4.78, 5) is 2.45. The van der Waals surface area contributed by atoms with Gasteiger partial charge in [-0.1, -0.05) is 17.3 Å². The van der Waals surface area contributed by atoms with Gasteiger partial charge in [-0.25, -0.2) is 4.68 Å². The summed E-state index contributed by atoms with van der Waals surface area (Å²) in [5.74, 6) is 1.70. The fourth-order valence-electron chi connectivity index (χ4n) is 3.63. The first-order valence-corrected chi connectivity index (χ1v) is 9.06. The Hall–Kier alpha value is -1.92. The molecule has 1 aromatic carbocycles. The van der Waals surface area contributed by atoms with Crippen molar-refractivity contribution < 1.29 is 9.47 Å². The lowest BCUT2D eigenvalue weighted by Crippen LogP contribution is -2.38. The lowest BCUT2D eigenvalue weighted by Gasteiger charge is -2.34. The fourth-order valence-corrected chi connectivity index (χ4v) is 3.63. The van der Waals surface area contributed by atoms with E-state index in [0.717, 1.165) is 43.4 Å². The number of fused-ring (bicyclic) bond motifs is 1. The van der Waals surface area contributed by atoms with Crippen LogP contribution in [0.3, 0.4) is 0 Å². The summed E-state index contributed by atoms with van der Waals surface area (Å²) in [6.45, 7) is 3.56. The van der Waals surface area contributed by atoms with Crippen LogP contribution in [0.5, 0.6) is 5.75 Å². The molecule has 0 spiro atoms. The van der Waals surface area contributed by atoms with Gasteiger partial charge in [0, 0.05) is 33.2 Å². The van der Waals surface area contributed by atoms with E-state index in [1.165, 1.54) is 24.1 Å². The van der Waals surface area contributed by atoms with Gasteiger partial charge in [0.2, 0.25) is 0 Å². The van der Waals surface area contributed by atoms with Crippen molar-refractivity contribution in [3.05, 3.63) is 41.2 Å². The maximum absolute atomic E-state index is 5.51. The quantitative estimate of drug-likeness (QED) is 0.774. The molecule has 0 N–H and O–H groups in total. The van der Waals surface area contributed by atoms with Crippen LogP contribution >= 0.6 is 0 Å². The number of benzene rings is 1. The van der Waals surface area contributed by atoms with E-state index in [0.29, 0.717) is 6.61 Å². The first-order chi connectivity index (χ1) is 12.3. The third-order valence-corrected chi connectivity index (χ3v) is 5.26. The molecule has 0 bridgehead atoms. The van der Waals surface area contributed by atoms with Crippen molar-refractivity contribution in [3.63, 3.8) is 0 Å². The zero-order valence-corrected chi connectivity index (χ0v) is 15.0. The number of methoxy groups -OCH3 is 2. The maximum Gasteiger partial charge on any atom is 0.118 e. The van der Waals surface area contributed by atoms with Crippen molar-refractivity contribution in [2.24, 2.45) is 5.92 Å². The van der Waals surface area contributed by atoms with Crippen LogP contribution < -0.4 is 4.74 Å². The minimum absolute atomic E-state index is 0.170. The van der Waals surface area contributed by atoms with E-state index in [9.17, 15) is 0 Å². The van der Waals surface area contributed by atoms with E-state index in [1.54, 1.807) is 14.2 Å². The lowest BCUT2D eigenvalue weighted by molar-refractivity contribution is 0.0749. The maximum atomic E-state index is 5.51. The van der Waals surface area contributed by atoms with E-state index >= 15 is 0 Å². The van der Waals surface area contributed by atoms with Crippen LogP contribution in [-0.4, -0.2) is 47.3 Å². The summed E-state index contributed by atoms with van der Waals surface area (Å²) in [5.41, 5.74) is 3.68. The van der Waals surface area contributed by atoms with Crippen LogP contribution in [-0.2, 0) is 24.2 Å². The minimum atomic E-state index is 0.170. The second-order valence-corrected chi connectivity index (χ2v) is 7.09. The standard InChI is InChI=1S/C19H26N4O2/c1-24-13-18-19-17(23(21-20-19)12-15-3-4-15)9-10-22(18)11-14-5-7-16(25-2)8-6-14/h5-8,15,18H,3-4,9-13H2,1-2H3/t18-/m1/s1. The van der Waals surface area contributed by atoms with E-state index in [-0.39, 0.29) is 6.04 Å². The van der Waals surface area contributed by atoms with Crippen LogP contribution in [0, 0.1) is 5.92 Å². The summed E-state index contributed by atoms with van der Waals surface area (Å²) in [5, 5.41) is 8.97. The van der Waals surface area contributed by atoms with Crippen LogP contribution in [0.2, 0.25) is 0 Å². The highest BCUT2D eigenvalue weighted by Crippen LogP contribution is 2.34. The molecule has 4 rings (SSSR count). The van der Waals surface area contributed by atoms with Crippen LogP contribution in [0.1, 0.15) is 35.8 Å². The molecule has 2 heterocycles. The van der Waals surface area contributed by atoms with Crippen molar-refractivity contribution in [2.75, 3.05) is 27.4 Å². The number of nitrogens with zero attached hydrogens (tertiary/aromatic N) is 4. The Kier molecular flexibility index (Phi) is 4.72. The van der Waals surface area contributed by atoms with E-state index in [2.05, 4.69) is 32.0 Å². The van der Waals surface area contributed by atoms with Gasteiger partial charge in [-0.05, 0) is 36.5 Å². The second-order valence-electron chi connectivity index (χ2n) is 7.09. The molecule has 1 aliphatic heterocycles. The first-order valence-electron chi connectivity index (χ1n) is 9.06. The first kappa shape index (κ1) is 16.5. The molecule has 6 nitrogen and oxygen atoms in total. The van der Waals surface area contributed by atoms with Gasteiger partial charge in [-0.3, -0.25) is 4.90 Å². The Morgan fingerprint density at radius 2 is 1.96 bits per heavy atom. The molecule has 1 aromatic heterocycles. The van der Waals surface area contributed by atoms with Gasteiger partial charge >= 0.3 is 0 Å². The Morgan fingerprint density at radius 3 is 2.64 bits per heavy atom. The summed E-state index contributed by atoms with van der Waals surface area (Å²) in [6, 6.07) is 8.46. The predicted octanol–water partition coefficient (Wildman–Crippen LogP) is 2.44. The van der Waals surface area contributed by atoms with Gasteiger partial charge in [0.05, 0.1) is 25.5 Å². The molecule has 0 unspecified atom stereocenters. The van der Waals surface area contributed by atoms with Crippen molar-refractivity contribution in [3.8, 4) is 5.75 Å². The molecular formula is C19H26N4O2. The van der Waals surface area contributed by atoms with Gasteiger partial charge in [-0.15, -0.1) is 5.10 Å². The molecule has 25 heavy (non-hydrogen) atoms. The van der Waals surface area contributed by atoms with Gasteiger partial charge in [0.15, 0.2) is 0 Å². The zero-order valence-electron chi connectivity index (χ0n) is 15.0. The molecule has 0 amide bonds. The molecule has 1 saturated carbocycles. The van der Waals surface area contributed by atoms with E-state index in [1.807, 2.05) is 12.1 Å². The molecule has 134 valence electrons. The average molecular weight is 342 g/mol. The highest BCUT2D eigenvalue weighted by Gasteiger charge is 2.33. The summed E-state index contributed by atoms with van der Waals surface area (Å²) < 4.78 is 12.9. The Morgan fingerprint density at radius 1 is 1.16 bits per heavy atom. The molecule has 0 radical (unpaired) electrons. The van der Waals surface area contributed by atoms with Crippen molar-refractivity contribution in [1.82, 2.24) is 19.9 Å². The van der Waals surface area contributed by atoms with Crippen molar-refractivity contribution in [2.45, 2.75) is 38.4 Å².